The van der Waals surface area contributed by atoms with Crippen LogP contribution in [0.1, 0.15) is 12.5 Å². The molecule has 6 nitrogen and oxygen atoms in total. The number of benzene rings is 1. The maximum absolute atomic E-state index is 14.6. The molecule has 2 aliphatic rings. The number of nitrogens with zero attached hydrogens (tertiary/aromatic N) is 1. The first-order valence-corrected chi connectivity index (χ1v) is 7.05. The van der Waals surface area contributed by atoms with Crippen LogP contribution in [-0.2, 0) is 5.79 Å². The molecule has 0 fully saturated rings. The zero-order valence-electron chi connectivity index (χ0n) is 11.5. The second-order valence-electron chi connectivity index (χ2n) is 4.75. The van der Waals surface area contributed by atoms with Crippen LogP contribution in [0.3, 0.4) is 0 Å². The Morgan fingerprint density at radius 3 is 3.00 bits per heavy atom. The Kier molecular flexibility index (Phi) is 3.29. The molecule has 2 heterocycles. The summed E-state index contributed by atoms with van der Waals surface area (Å²) < 4.78 is 25.3. The smallest absolute Gasteiger partial charge is 0.231 e. The fourth-order valence-electron chi connectivity index (χ4n) is 2.30. The highest BCUT2D eigenvalue weighted by molar-refractivity contribution is 9.10. The molecule has 21 heavy (non-hydrogen) atoms. The Hall–Kier alpha value is -1.80. The summed E-state index contributed by atoms with van der Waals surface area (Å²) in [5, 5.41) is 5.90. The molecule has 0 amide bonds. The van der Waals surface area contributed by atoms with E-state index in [2.05, 4.69) is 31.6 Å². The molecule has 0 aromatic heterocycles. The average molecular weight is 357 g/mol. The van der Waals surface area contributed by atoms with Gasteiger partial charge >= 0.3 is 0 Å². The number of ether oxygens (including phenoxy) is 2. The van der Waals surface area contributed by atoms with E-state index in [-0.39, 0.29) is 16.8 Å². The fraction of sp³-hybridized carbons (Fsp3) is 0.308. The third kappa shape index (κ3) is 2.24. The summed E-state index contributed by atoms with van der Waals surface area (Å²) in [6, 6.07) is 1.50. The molecular formula is C13H14BrFN4O2. The first kappa shape index (κ1) is 14.2. The van der Waals surface area contributed by atoms with E-state index in [1.54, 1.807) is 13.1 Å². The number of hydrogen-bond acceptors (Lipinski definition) is 6. The Morgan fingerprint density at radius 2 is 2.29 bits per heavy atom. The molecule has 1 unspecified atom stereocenters. The average Bonchev–Trinajstić information content (AvgIpc) is 2.90. The molecule has 0 saturated heterocycles. The number of nitrogens with one attached hydrogen (secondary N) is 2. The predicted molar refractivity (Wildman–Crippen MR) is 79.5 cm³/mol. The Balaban J connectivity index is 2.15. The number of fused-ring (bicyclic) bond motifs is 1. The van der Waals surface area contributed by atoms with Gasteiger partial charge in [-0.3, -0.25) is 5.73 Å². The van der Waals surface area contributed by atoms with Crippen LogP contribution in [0.15, 0.2) is 27.3 Å². The molecule has 0 aliphatic carbocycles. The number of nitrogens with two attached hydrogens (primary N) is 1. The monoisotopic (exact) mass is 356 g/mol. The predicted octanol–water partition coefficient (Wildman–Crippen LogP) is 1.51. The summed E-state index contributed by atoms with van der Waals surface area (Å²) in [6.45, 7) is 1.87. The van der Waals surface area contributed by atoms with Crippen molar-refractivity contribution in [2.75, 3.05) is 13.8 Å². The van der Waals surface area contributed by atoms with Crippen molar-refractivity contribution in [2.24, 2.45) is 10.7 Å². The Bertz CT molecular complexity index is 677. The van der Waals surface area contributed by atoms with Crippen molar-refractivity contribution in [3.05, 3.63) is 33.7 Å². The van der Waals surface area contributed by atoms with Crippen molar-refractivity contribution < 1.29 is 13.9 Å². The van der Waals surface area contributed by atoms with Crippen molar-refractivity contribution >= 4 is 21.8 Å². The number of allylic oxidation sites excluding steroid dienone is 1. The van der Waals surface area contributed by atoms with Gasteiger partial charge in [0.1, 0.15) is 11.7 Å². The lowest BCUT2D eigenvalue weighted by Gasteiger charge is -2.32. The van der Waals surface area contributed by atoms with E-state index in [1.807, 2.05) is 6.92 Å². The Labute approximate surface area is 129 Å². The normalized spacial score (nSPS) is 23.3. The van der Waals surface area contributed by atoms with E-state index in [9.17, 15) is 4.39 Å². The number of aliphatic imine (C=N–C) groups is 1. The summed E-state index contributed by atoms with van der Waals surface area (Å²) in [4.78, 5) is 4.32. The fourth-order valence-corrected chi connectivity index (χ4v) is 2.83. The van der Waals surface area contributed by atoms with Gasteiger partial charge in [-0.05, 0) is 35.0 Å². The first-order chi connectivity index (χ1) is 9.94. The van der Waals surface area contributed by atoms with Gasteiger partial charge in [0.25, 0.3) is 0 Å². The Morgan fingerprint density at radius 1 is 1.52 bits per heavy atom. The van der Waals surface area contributed by atoms with Gasteiger partial charge in [-0.25, -0.2) is 9.38 Å². The number of amidine groups is 1. The van der Waals surface area contributed by atoms with E-state index < -0.39 is 11.6 Å². The van der Waals surface area contributed by atoms with Crippen molar-refractivity contribution in [1.29, 1.82) is 0 Å². The van der Waals surface area contributed by atoms with Crippen LogP contribution in [0.25, 0.3) is 0 Å². The summed E-state index contributed by atoms with van der Waals surface area (Å²) in [5.74, 6) is -0.644. The number of hydrogen-bond donors (Lipinski definition) is 3. The van der Waals surface area contributed by atoms with Gasteiger partial charge in [0.2, 0.25) is 12.6 Å². The highest BCUT2D eigenvalue weighted by atomic mass is 79.9. The highest BCUT2D eigenvalue weighted by Crippen LogP contribution is 2.44. The number of halogens is 2. The van der Waals surface area contributed by atoms with Gasteiger partial charge in [-0.15, -0.1) is 0 Å². The van der Waals surface area contributed by atoms with Gasteiger partial charge in [0.15, 0.2) is 11.5 Å². The maximum atomic E-state index is 14.6. The summed E-state index contributed by atoms with van der Waals surface area (Å²) in [7, 11) is 1.72. The molecule has 1 atom stereocenters. The minimum atomic E-state index is -1.43. The van der Waals surface area contributed by atoms with E-state index in [0.29, 0.717) is 17.3 Å². The van der Waals surface area contributed by atoms with Crippen LogP contribution in [0.5, 0.6) is 11.5 Å². The lowest BCUT2D eigenvalue weighted by Crippen LogP contribution is -2.52. The second-order valence-corrected chi connectivity index (χ2v) is 5.54. The van der Waals surface area contributed by atoms with Crippen LogP contribution >= 0.6 is 15.9 Å². The molecular weight excluding hydrogens is 343 g/mol. The van der Waals surface area contributed by atoms with E-state index in [1.165, 1.54) is 6.07 Å². The molecule has 0 spiro atoms. The van der Waals surface area contributed by atoms with Gasteiger partial charge in [0, 0.05) is 12.7 Å². The van der Waals surface area contributed by atoms with E-state index in [4.69, 9.17) is 15.2 Å². The number of likely N-dealkylation sites (N-methyl/N-ethyl adjacent to an activating group) is 1. The van der Waals surface area contributed by atoms with Crippen molar-refractivity contribution in [3.8, 4) is 11.5 Å². The third-order valence-electron chi connectivity index (χ3n) is 3.25. The van der Waals surface area contributed by atoms with E-state index in [0.717, 1.165) is 5.70 Å². The molecule has 1 aromatic rings. The lowest BCUT2D eigenvalue weighted by molar-refractivity contribution is 0.173. The molecule has 8 heteroatoms. The summed E-state index contributed by atoms with van der Waals surface area (Å²) >= 11 is 3.18. The molecule has 2 aliphatic heterocycles. The standard InChI is InChI=1S/C13H14BrFN4O2/c1-6-3-9(17-2)19-13(16,18-6)7-4-8-12(21-5-20-8)10(14)11(7)15/h3-4,18H,5,16H2,1-2H3,(H,17,19). The van der Waals surface area contributed by atoms with Gasteiger partial charge in [0.05, 0.1) is 10.0 Å². The minimum absolute atomic E-state index is 0.0474. The minimum Gasteiger partial charge on any atom is -0.454 e. The quantitative estimate of drug-likeness (QED) is 0.710. The second kappa shape index (κ2) is 4.88. The van der Waals surface area contributed by atoms with Crippen LogP contribution in [-0.4, -0.2) is 19.7 Å². The molecule has 112 valence electrons. The molecule has 3 rings (SSSR count). The zero-order chi connectivity index (χ0) is 15.2. The van der Waals surface area contributed by atoms with Gasteiger partial charge < -0.3 is 20.1 Å². The first-order valence-electron chi connectivity index (χ1n) is 6.25. The number of rotatable bonds is 1. The van der Waals surface area contributed by atoms with Crippen LogP contribution in [0.2, 0.25) is 0 Å². The lowest BCUT2D eigenvalue weighted by atomic mass is 10.0. The largest absolute Gasteiger partial charge is 0.454 e. The van der Waals surface area contributed by atoms with Crippen molar-refractivity contribution in [3.63, 3.8) is 0 Å². The SMILES string of the molecule is CNC1=NC(N)(c2cc3c(c(Br)c2F)OCO3)NC(C)=C1. The zero-order valence-corrected chi connectivity index (χ0v) is 13.0. The topological polar surface area (TPSA) is 80.9 Å². The van der Waals surface area contributed by atoms with E-state index >= 15 is 0 Å². The van der Waals surface area contributed by atoms with Crippen LogP contribution in [0.4, 0.5) is 4.39 Å². The molecule has 0 radical (unpaired) electrons. The third-order valence-corrected chi connectivity index (χ3v) is 3.96. The van der Waals surface area contributed by atoms with Gasteiger partial charge in [-0.1, -0.05) is 0 Å². The highest BCUT2D eigenvalue weighted by Gasteiger charge is 2.36. The van der Waals surface area contributed by atoms with Crippen LogP contribution < -0.4 is 25.8 Å². The molecule has 0 bridgehead atoms. The van der Waals surface area contributed by atoms with Gasteiger partial charge in [-0.2, -0.15) is 0 Å². The summed E-state index contributed by atoms with van der Waals surface area (Å²) in [6.07, 6.45) is 1.78. The van der Waals surface area contributed by atoms with Crippen molar-refractivity contribution in [1.82, 2.24) is 10.6 Å². The van der Waals surface area contributed by atoms with Crippen LogP contribution in [0, 0.1) is 5.82 Å². The molecule has 1 aromatic carbocycles. The molecule has 4 N–H and O–H groups in total. The summed E-state index contributed by atoms with van der Waals surface area (Å²) in [5.41, 5.74) is 7.20. The molecule has 0 saturated carbocycles. The van der Waals surface area contributed by atoms with Crippen molar-refractivity contribution in [2.45, 2.75) is 12.7 Å². The maximum Gasteiger partial charge on any atom is 0.231 e.